The lowest BCUT2D eigenvalue weighted by Gasteiger charge is -2.04. The zero-order valence-corrected chi connectivity index (χ0v) is 10.7. The van der Waals surface area contributed by atoms with E-state index in [0.29, 0.717) is 5.75 Å². The summed E-state index contributed by atoms with van der Waals surface area (Å²) in [5.74, 6) is -0.816. The van der Waals surface area contributed by atoms with Crippen molar-refractivity contribution >= 4 is 35.3 Å². The SMILES string of the molecule is COC(=O)CCSc1ccc(Cl)c(C(=O)O)c1. The van der Waals surface area contributed by atoms with E-state index in [4.69, 9.17) is 16.7 Å². The topological polar surface area (TPSA) is 63.6 Å². The van der Waals surface area contributed by atoms with Crippen LogP contribution in [-0.2, 0) is 9.53 Å². The molecule has 0 saturated heterocycles. The average Bonchev–Trinajstić information content (AvgIpc) is 2.30. The maximum Gasteiger partial charge on any atom is 0.337 e. The van der Waals surface area contributed by atoms with Gasteiger partial charge in [-0.3, -0.25) is 4.79 Å². The fourth-order valence-electron chi connectivity index (χ4n) is 1.11. The normalized spacial score (nSPS) is 10.0. The summed E-state index contributed by atoms with van der Waals surface area (Å²) in [7, 11) is 1.33. The van der Waals surface area contributed by atoms with Gasteiger partial charge in [-0.2, -0.15) is 0 Å². The number of rotatable bonds is 5. The van der Waals surface area contributed by atoms with Crippen molar-refractivity contribution in [2.45, 2.75) is 11.3 Å². The van der Waals surface area contributed by atoms with Gasteiger partial charge in [-0.25, -0.2) is 4.79 Å². The van der Waals surface area contributed by atoms with Crippen molar-refractivity contribution in [1.29, 1.82) is 0 Å². The number of aromatic carboxylic acids is 1. The van der Waals surface area contributed by atoms with Crippen molar-refractivity contribution in [1.82, 2.24) is 0 Å². The smallest absolute Gasteiger partial charge is 0.337 e. The van der Waals surface area contributed by atoms with Gasteiger partial charge in [-0.15, -0.1) is 11.8 Å². The first-order valence-corrected chi connectivity index (χ1v) is 6.13. The molecule has 0 aliphatic rings. The molecule has 92 valence electrons. The molecule has 0 saturated carbocycles. The monoisotopic (exact) mass is 274 g/mol. The van der Waals surface area contributed by atoms with Crippen LogP contribution < -0.4 is 0 Å². The highest BCUT2D eigenvalue weighted by atomic mass is 35.5. The third-order valence-electron chi connectivity index (χ3n) is 1.97. The number of benzene rings is 1. The number of ether oxygens (including phenoxy) is 1. The van der Waals surface area contributed by atoms with E-state index in [2.05, 4.69) is 4.74 Å². The van der Waals surface area contributed by atoms with Gasteiger partial charge in [0.15, 0.2) is 0 Å². The van der Waals surface area contributed by atoms with Crippen LogP contribution in [0.1, 0.15) is 16.8 Å². The Morgan fingerprint density at radius 2 is 2.18 bits per heavy atom. The number of hydrogen-bond acceptors (Lipinski definition) is 4. The number of esters is 1. The lowest BCUT2D eigenvalue weighted by molar-refractivity contribution is -0.140. The molecule has 1 N–H and O–H groups in total. The second-order valence-corrected chi connectivity index (χ2v) is 4.70. The van der Waals surface area contributed by atoms with E-state index in [1.54, 1.807) is 6.07 Å². The summed E-state index contributed by atoms with van der Waals surface area (Å²) < 4.78 is 4.50. The Morgan fingerprint density at radius 3 is 2.76 bits per heavy atom. The highest BCUT2D eigenvalue weighted by Crippen LogP contribution is 2.25. The number of hydrogen-bond donors (Lipinski definition) is 1. The number of thioether (sulfide) groups is 1. The van der Waals surface area contributed by atoms with Crippen LogP contribution in [-0.4, -0.2) is 29.9 Å². The molecule has 0 heterocycles. The highest BCUT2D eigenvalue weighted by Gasteiger charge is 2.10. The Labute approximate surface area is 108 Å². The maximum absolute atomic E-state index is 10.9. The highest BCUT2D eigenvalue weighted by molar-refractivity contribution is 7.99. The molecule has 17 heavy (non-hydrogen) atoms. The van der Waals surface area contributed by atoms with E-state index in [0.717, 1.165) is 4.90 Å². The van der Waals surface area contributed by atoms with Gasteiger partial charge in [-0.05, 0) is 18.2 Å². The van der Waals surface area contributed by atoms with Gasteiger partial charge in [0.25, 0.3) is 0 Å². The molecule has 1 rings (SSSR count). The van der Waals surface area contributed by atoms with Crippen molar-refractivity contribution < 1.29 is 19.4 Å². The van der Waals surface area contributed by atoms with Crippen molar-refractivity contribution in [3.63, 3.8) is 0 Å². The van der Waals surface area contributed by atoms with Crippen LogP contribution in [0.3, 0.4) is 0 Å². The van der Waals surface area contributed by atoms with Gasteiger partial charge < -0.3 is 9.84 Å². The zero-order valence-electron chi connectivity index (χ0n) is 9.10. The van der Waals surface area contributed by atoms with Crippen LogP contribution >= 0.6 is 23.4 Å². The standard InChI is InChI=1S/C11H11ClO4S/c1-16-10(13)4-5-17-7-2-3-9(12)8(6-7)11(14)15/h2-3,6H,4-5H2,1H3,(H,14,15). The predicted molar refractivity (Wildman–Crippen MR) is 65.8 cm³/mol. The maximum atomic E-state index is 10.9. The van der Waals surface area contributed by atoms with Gasteiger partial charge >= 0.3 is 11.9 Å². The van der Waals surface area contributed by atoms with Gasteiger partial charge in [0.05, 0.1) is 24.1 Å². The molecule has 0 unspecified atom stereocenters. The molecular formula is C11H11ClO4S. The summed E-state index contributed by atoms with van der Waals surface area (Å²) in [6.07, 6.45) is 0.284. The Balaban J connectivity index is 2.63. The van der Waals surface area contributed by atoms with Crippen LogP contribution in [0.15, 0.2) is 23.1 Å². The lowest BCUT2D eigenvalue weighted by atomic mass is 10.2. The summed E-state index contributed by atoms with van der Waals surface area (Å²) in [4.78, 5) is 22.5. The Hall–Kier alpha value is -1.20. The fourth-order valence-corrected chi connectivity index (χ4v) is 2.18. The van der Waals surface area contributed by atoms with E-state index in [-0.39, 0.29) is 23.0 Å². The largest absolute Gasteiger partial charge is 0.478 e. The minimum atomic E-state index is -1.06. The minimum Gasteiger partial charge on any atom is -0.478 e. The van der Waals surface area contributed by atoms with Gasteiger partial charge in [-0.1, -0.05) is 11.6 Å². The molecule has 0 aliphatic carbocycles. The number of methoxy groups -OCH3 is 1. The third-order valence-corrected chi connectivity index (χ3v) is 3.30. The molecule has 0 amide bonds. The first-order valence-electron chi connectivity index (χ1n) is 4.77. The molecule has 0 fully saturated rings. The number of carboxylic acid groups (broad SMARTS) is 1. The summed E-state index contributed by atoms with van der Waals surface area (Å²) in [5, 5.41) is 9.08. The van der Waals surface area contributed by atoms with Gasteiger partial charge in [0.1, 0.15) is 0 Å². The molecule has 0 spiro atoms. The molecule has 0 radical (unpaired) electrons. The van der Waals surface area contributed by atoms with Crippen molar-refractivity contribution in [3.8, 4) is 0 Å². The summed E-state index contributed by atoms with van der Waals surface area (Å²) in [5.41, 5.74) is 0.0646. The third kappa shape index (κ3) is 4.28. The van der Waals surface area contributed by atoms with Crippen LogP contribution in [0.5, 0.6) is 0 Å². The molecular weight excluding hydrogens is 264 g/mol. The van der Waals surface area contributed by atoms with Gasteiger partial charge in [0, 0.05) is 10.6 Å². The second-order valence-electron chi connectivity index (χ2n) is 3.12. The summed E-state index contributed by atoms with van der Waals surface area (Å²) >= 11 is 7.12. The quantitative estimate of drug-likeness (QED) is 0.661. The van der Waals surface area contributed by atoms with E-state index in [1.807, 2.05) is 0 Å². The number of halogens is 1. The Kier molecular flexibility index (Phi) is 5.31. The van der Waals surface area contributed by atoms with Crippen molar-refractivity contribution in [2.75, 3.05) is 12.9 Å². The first-order chi connectivity index (χ1) is 8.04. The lowest BCUT2D eigenvalue weighted by Crippen LogP contribution is -2.01. The van der Waals surface area contributed by atoms with Crippen molar-refractivity contribution in [3.05, 3.63) is 28.8 Å². The van der Waals surface area contributed by atoms with Gasteiger partial charge in [0.2, 0.25) is 0 Å². The van der Waals surface area contributed by atoms with E-state index < -0.39 is 5.97 Å². The second kappa shape index (κ2) is 6.51. The molecule has 1 aromatic rings. The van der Waals surface area contributed by atoms with Crippen LogP contribution in [0.2, 0.25) is 5.02 Å². The minimum absolute atomic E-state index is 0.0646. The molecule has 0 aliphatic heterocycles. The molecule has 0 bridgehead atoms. The van der Waals surface area contributed by atoms with E-state index >= 15 is 0 Å². The first kappa shape index (κ1) is 13.9. The van der Waals surface area contributed by atoms with Crippen LogP contribution in [0.25, 0.3) is 0 Å². The van der Waals surface area contributed by atoms with E-state index in [9.17, 15) is 9.59 Å². The van der Waals surface area contributed by atoms with Crippen LogP contribution in [0, 0.1) is 0 Å². The summed E-state index contributed by atoms with van der Waals surface area (Å²) in [6.45, 7) is 0. The zero-order chi connectivity index (χ0) is 12.8. The molecule has 0 atom stereocenters. The number of carbonyl (C=O) groups is 2. The number of carboxylic acids is 1. The Bertz CT molecular complexity index is 433. The molecule has 1 aromatic carbocycles. The Morgan fingerprint density at radius 1 is 1.47 bits per heavy atom. The molecule has 0 aromatic heterocycles. The van der Waals surface area contributed by atoms with Crippen molar-refractivity contribution in [2.24, 2.45) is 0 Å². The van der Waals surface area contributed by atoms with Crippen LogP contribution in [0.4, 0.5) is 0 Å². The summed E-state index contributed by atoms with van der Waals surface area (Å²) in [6, 6.07) is 4.74. The average molecular weight is 275 g/mol. The molecule has 4 nitrogen and oxygen atoms in total. The molecule has 6 heteroatoms. The van der Waals surface area contributed by atoms with E-state index in [1.165, 1.54) is 31.0 Å². The number of carbonyl (C=O) groups excluding carboxylic acids is 1. The fraction of sp³-hybridized carbons (Fsp3) is 0.273. The predicted octanol–water partition coefficient (Wildman–Crippen LogP) is 2.69.